The van der Waals surface area contributed by atoms with Gasteiger partial charge in [0.25, 0.3) is 5.91 Å². The number of nitrogens with one attached hydrogen (secondary N) is 2. The van der Waals surface area contributed by atoms with Crippen LogP contribution in [0, 0.1) is 0 Å². The Morgan fingerprint density at radius 1 is 0.971 bits per heavy atom. The van der Waals surface area contributed by atoms with Gasteiger partial charge in [0.1, 0.15) is 35.0 Å². The number of ether oxygens (including phenoxy) is 4. The number of amides is 1. The van der Waals surface area contributed by atoms with Crippen molar-refractivity contribution in [1.82, 2.24) is 9.97 Å². The van der Waals surface area contributed by atoms with Gasteiger partial charge in [0.2, 0.25) is 0 Å². The summed E-state index contributed by atoms with van der Waals surface area (Å²) < 4.78 is 22.8. The second-order valence-electron chi connectivity index (χ2n) is 7.13. The molecular formula is C24H24N4O5S. The Morgan fingerprint density at radius 3 is 2.38 bits per heavy atom. The molecule has 34 heavy (non-hydrogen) atoms. The Morgan fingerprint density at radius 2 is 1.71 bits per heavy atom. The van der Waals surface area contributed by atoms with Crippen LogP contribution in [0.2, 0.25) is 0 Å². The highest BCUT2D eigenvalue weighted by Crippen LogP contribution is 2.39. The van der Waals surface area contributed by atoms with Crippen LogP contribution in [0.1, 0.15) is 15.9 Å². The van der Waals surface area contributed by atoms with Crippen LogP contribution in [0.15, 0.2) is 48.2 Å². The summed E-state index contributed by atoms with van der Waals surface area (Å²) in [5.74, 6) is 2.15. The SMILES string of the molecule is COc1ccc(CNc2c(OC)cc(NC(=O)c3csc4cncnc34)cc2OC)c(OC)c1. The fraction of sp³-hybridized carbons (Fsp3) is 0.208. The van der Waals surface area contributed by atoms with Gasteiger partial charge in [-0.15, -0.1) is 11.3 Å². The molecule has 2 heterocycles. The molecule has 0 aliphatic carbocycles. The zero-order chi connectivity index (χ0) is 24.1. The molecule has 0 fully saturated rings. The fourth-order valence-corrected chi connectivity index (χ4v) is 4.34. The summed E-state index contributed by atoms with van der Waals surface area (Å²) >= 11 is 1.42. The Hall–Kier alpha value is -4.05. The molecule has 0 aliphatic heterocycles. The van der Waals surface area contributed by atoms with E-state index in [1.54, 1.807) is 52.1 Å². The zero-order valence-corrected chi connectivity index (χ0v) is 20.0. The Kier molecular flexibility index (Phi) is 6.98. The molecule has 0 bridgehead atoms. The van der Waals surface area contributed by atoms with E-state index in [-0.39, 0.29) is 5.91 Å². The van der Waals surface area contributed by atoms with Crippen molar-refractivity contribution in [2.24, 2.45) is 0 Å². The minimum absolute atomic E-state index is 0.280. The van der Waals surface area contributed by atoms with E-state index in [1.165, 1.54) is 17.7 Å². The molecule has 4 aromatic rings. The molecule has 0 saturated heterocycles. The van der Waals surface area contributed by atoms with Gasteiger partial charge in [-0.2, -0.15) is 0 Å². The van der Waals surface area contributed by atoms with Gasteiger partial charge in [0, 0.05) is 47.6 Å². The summed E-state index contributed by atoms with van der Waals surface area (Å²) in [4.78, 5) is 21.1. The molecule has 4 rings (SSSR count). The number of carbonyl (C=O) groups is 1. The number of hydrogen-bond donors (Lipinski definition) is 2. The number of thiophene rings is 1. The number of nitrogens with zero attached hydrogens (tertiary/aromatic N) is 2. The van der Waals surface area contributed by atoms with Gasteiger partial charge in [0.05, 0.1) is 44.2 Å². The fourth-order valence-electron chi connectivity index (χ4n) is 3.48. The van der Waals surface area contributed by atoms with Crippen molar-refractivity contribution in [1.29, 1.82) is 0 Å². The van der Waals surface area contributed by atoms with Gasteiger partial charge < -0.3 is 29.6 Å². The van der Waals surface area contributed by atoms with E-state index in [0.29, 0.717) is 52.0 Å². The molecule has 0 radical (unpaired) electrons. The van der Waals surface area contributed by atoms with Crippen LogP contribution >= 0.6 is 11.3 Å². The monoisotopic (exact) mass is 480 g/mol. The summed E-state index contributed by atoms with van der Waals surface area (Å²) in [6.07, 6.45) is 3.12. The molecule has 2 N–H and O–H groups in total. The van der Waals surface area contributed by atoms with Gasteiger partial charge in [-0.25, -0.2) is 9.97 Å². The number of benzene rings is 2. The quantitative estimate of drug-likeness (QED) is 0.359. The summed E-state index contributed by atoms with van der Waals surface area (Å²) in [5, 5.41) is 8.01. The second-order valence-corrected chi connectivity index (χ2v) is 8.04. The lowest BCUT2D eigenvalue weighted by molar-refractivity contribution is 0.102. The van der Waals surface area contributed by atoms with Crippen LogP contribution in [0.3, 0.4) is 0 Å². The van der Waals surface area contributed by atoms with Gasteiger partial charge in [0.15, 0.2) is 0 Å². The highest BCUT2D eigenvalue weighted by Gasteiger charge is 2.18. The predicted molar refractivity (Wildman–Crippen MR) is 132 cm³/mol. The summed E-state index contributed by atoms with van der Waals surface area (Å²) in [7, 11) is 6.34. The first-order valence-electron chi connectivity index (χ1n) is 10.3. The van der Waals surface area contributed by atoms with E-state index in [0.717, 1.165) is 10.3 Å². The highest BCUT2D eigenvalue weighted by molar-refractivity contribution is 7.17. The van der Waals surface area contributed by atoms with Gasteiger partial charge in [-0.1, -0.05) is 0 Å². The topological polar surface area (TPSA) is 104 Å². The van der Waals surface area contributed by atoms with Gasteiger partial charge in [-0.3, -0.25) is 4.79 Å². The van der Waals surface area contributed by atoms with Crippen molar-refractivity contribution >= 4 is 38.8 Å². The van der Waals surface area contributed by atoms with Crippen molar-refractivity contribution in [3.63, 3.8) is 0 Å². The first-order valence-corrected chi connectivity index (χ1v) is 11.1. The van der Waals surface area contributed by atoms with Crippen LogP contribution in [0.4, 0.5) is 11.4 Å². The average Bonchev–Trinajstić information content (AvgIpc) is 3.31. The maximum atomic E-state index is 12.9. The first kappa shape index (κ1) is 23.1. The maximum absolute atomic E-state index is 12.9. The molecule has 0 aliphatic rings. The molecule has 2 aromatic carbocycles. The molecule has 0 unspecified atom stereocenters. The zero-order valence-electron chi connectivity index (χ0n) is 19.2. The van der Waals surface area contributed by atoms with Gasteiger partial charge >= 0.3 is 0 Å². The standard InChI is InChI=1S/C24H24N4O5S/c1-30-16-6-5-14(18(9-16)31-2)10-26-23-19(32-3)7-15(8-20(23)33-4)28-24(29)17-12-34-21-11-25-13-27-22(17)21/h5-9,11-13,26H,10H2,1-4H3,(H,28,29). The summed E-state index contributed by atoms with van der Waals surface area (Å²) in [5.41, 5.74) is 3.20. The molecule has 10 heteroatoms. The Balaban J connectivity index is 1.58. The van der Waals surface area contributed by atoms with E-state index in [1.807, 2.05) is 18.2 Å². The van der Waals surface area contributed by atoms with Crippen molar-refractivity contribution in [2.75, 3.05) is 39.1 Å². The molecule has 1 amide bonds. The minimum atomic E-state index is -0.280. The largest absolute Gasteiger partial charge is 0.497 e. The number of carbonyl (C=O) groups excluding carboxylic acids is 1. The number of anilines is 2. The molecule has 0 spiro atoms. The van der Waals surface area contributed by atoms with Crippen molar-refractivity contribution in [3.05, 3.63) is 59.4 Å². The highest BCUT2D eigenvalue weighted by atomic mass is 32.1. The van der Waals surface area contributed by atoms with Crippen molar-refractivity contribution < 1.29 is 23.7 Å². The predicted octanol–water partition coefficient (Wildman–Crippen LogP) is 4.59. The lowest BCUT2D eigenvalue weighted by Crippen LogP contribution is -2.12. The van der Waals surface area contributed by atoms with E-state index in [4.69, 9.17) is 18.9 Å². The van der Waals surface area contributed by atoms with Crippen LogP contribution in [0.25, 0.3) is 10.2 Å². The third-order valence-electron chi connectivity index (χ3n) is 5.20. The number of aromatic nitrogens is 2. The molecule has 9 nitrogen and oxygen atoms in total. The number of rotatable bonds is 9. The third-order valence-corrected chi connectivity index (χ3v) is 6.10. The van der Waals surface area contributed by atoms with E-state index in [2.05, 4.69) is 20.6 Å². The third kappa shape index (κ3) is 4.67. The molecule has 176 valence electrons. The van der Waals surface area contributed by atoms with Crippen molar-refractivity contribution in [3.8, 4) is 23.0 Å². The summed E-state index contributed by atoms with van der Waals surface area (Å²) in [6.45, 7) is 0.451. The second kappa shape index (κ2) is 10.3. The van der Waals surface area contributed by atoms with Crippen LogP contribution in [-0.2, 0) is 6.54 Å². The lowest BCUT2D eigenvalue weighted by atomic mass is 10.1. The van der Waals surface area contributed by atoms with E-state index >= 15 is 0 Å². The minimum Gasteiger partial charge on any atom is -0.497 e. The Bertz CT molecular complexity index is 1300. The summed E-state index contributed by atoms with van der Waals surface area (Å²) in [6, 6.07) is 9.08. The van der Waals surface area contributed by atoms with Gasteiger partial charge in [-0.05, 0) is 12.1 Å². The maximum Gasteiger partial charge on any atom is 0.258 e. The van der Waals surface area contributed by atoms with E-state index < -0.39 is 0 Å². The molecule has 0 atom stereocenters. The average molecular weight is 481 g/mol. The van der Waals surface area contributed by atoms with E-state index in [9.17, 15) is 4.79 Å². The molecule has 2 aromatic heterocycles. The van der Waals surface area contributed by atoms with Crippen LogP contribution in [0.5, 0.6) is 23.0 Å². The molecular weight excluding hydrogens is 456 g/mol. The number of hydrogen-bond acceptors (Lipinski definition) is 9. The number of fused-ring (bicyclic) bond motifs is 1. The van der Waals surface area contributed by atoms with Crippen LogP contribution in [-0.4, -0.2) is 44.3 Å². The normalized spacial score (nSPS) is 10.6. The number of methoxy groups -OCH3 is 4. The molecule has 0 saturated carbocycles. The Labute approximate surface area is 200 Å². The first-order chi connectivity index (χ1) is 16.6. The van der Waals surface area contributed by atoms with Crippen molar-refractivity contribution in [2.45, 2.75) is 6.54 Å². The van der Waals surface area contributed by atoms with Crippen LogP contribution < -0.4 is 29.6 Å². The smallest absolute Gasteiger partial charge is 0.258 e. The lowest BCUT2D eigenvalue weighted by Gasteiger charge is -2.18.